The van der Waals surface area contributed by atoms with E-state index >= 15 is 4.39 Å². The maximum absolute atomic E-state index is 15.4. The fraction of sp³-hybridized carbons (Fsp3) is 0.447. The van der Waals surface area contributed by atoms with Crippen LogP contribution in [0.4, 0.5) is 10.2 Å². The van der Waals surface area contributed by atoms with Crippen molar-refractivity contribution in [3.8, 4) is 11.8 Å². The van der Waals surface area contributed by atoms with E-state index in [0.717, 1.165) is 63.0 Å². The summed E-state index contributed by atoms with van der Waals surface area (Å²) in [6.45, 7) is 2.13. The minimum absolute atomic E-state index is 0.000124. The van der Waals surface area contributed by atoms with Gasteiger partial charge in [0.25, 0.3) is 11.8 Å². The number of nitrogens with one attached hydrogen (secondary N) is 2. The smallest absolute Gasteiger partial charge is 0.272 e. The summed E-state index contributed by atoms with van der Waals surface area (Å²) in [7, 11) is 0. The molecule has 2 bridgehead atoms. The predicted molar refractivity (Wildman–Crippen MR) is 189 cm³/mol. The van der Waals surface area contributed by atoms with Crippen molar-refractivity contribution in [3.05, 3.63) is 81.3 Å². The van der Waals surface area contributed by atoms with Gasteiger partial charge in [0.2, 0.25) is 11.8 Å². The SMILES string of the molecule is N#Cc1ccc(OC2CCC(NC(=O)c3ccc(N4C5CCC4CN(Cc4cc(F)c6c(c4)CN(C4CCC(=O)NC4=O)C6=O)C5)nn3)CC2)cc1Cl. The first-order chi connectivity index (χ1) is 25.6. The molecule has 4 aliphatic heterocycles. The van der Waals surface area contributed by atoms with Gasteiger partial charge in [-0.3, -0.25) is 29.4 Å². The predicted octanol–water partition coefficient (Wildman–Crippen LogP) is 3.87. The molecular formula is C38H38ClFN8O5. The molecule has 8 rings (SSSR count). The van der Waals surface area contributed by atoms with Crippen molar-refractivity contribution < 1.29 is 28.3 Å². The lowest BCUT2D eigenvalue weighted by molar-refractivity contribution is -0.136. The summed E-state index contributed by atoms with van der Waals surface area (Å²) in [6, 6.07) is 13.5. The van der Waals surface area contributed by atoms with E-state index in [-0.39, 0.29) is 66.7 Å². The monoisotopic (exact) mass is 740 g/mol. The Hall–Kier alpha value is -5.13. The molecule has 2 aromatic carbocycles. The van der Waals surface area contributed by atoms with Crippen molar-refractivity contribution in [2.45, 2.75) is 94.7 Å². The fourth-order valence-electron chi connectivity index (χ4n) is 8.58. The number of imide groups is 1. The molecule has 1 aromatic heterocycles. The third-order valence-corrected chi connectivity index (χ3v) is 11.4. The Balaban J connectivity index is 0.836. The lowest BCUT2D eigenvalue weighted by atomic mass is 9.93. The van der Waals surface area contributed by atoms with Crippen molar-refractivity contribution in [3.63, 3.8) is 0 Å². The average molecular weight is 741 g/mol. The van der Waals surface area contributed by atoms with Crippen LogP contribution >= 0.6 is 11.6 Å². The number of aromatic nitrogens is 2. The Kier molecular flexibility index (Phi) is 9.46. The number of nitriles is 1. The van der Waals surface area contributed by atoms with Crippen molar-refractivity contribution in [1.29, 1.82) is 5.26 Å². The molecule has 4 fully saturated rings. The standard InChI is InChI=1S/C38H38ClFN8O5/c39-29-15-28(6-1-22(29)16-41)53-27-7-2-24(3-8-27)42-36(50)31-9-11-33(45-44-31)48-25-4-5-26(48)20-46(19-25)17-21-13-23-18-47(38(52)35(23)30(40)14-21)32-10-12-34(49)43-37(32)51/h1,6,9,11,13-15,24-27,32H,2-5,7-8,10,12,17-20H2,(H,42,50)(H,43,49,51). The molecule has 274 valence electrons. The summed E-state index contributed by atoms with van der Waals surface area (Å²) in [5.74, 6) is -0.903. The van der Waals surface area contributed by atoms with Gasteiger partial charge in [0, 0.05) is 56.8 Å². The van der Waals surface area contributed by atoms with Gasteiger partial charge in [-0.2, -0.15) is 5.26 Å². The normalized spacial score (nSPS) is 25.5. The summed E-state index contributed by atoms with van der Waals surface area (Å²) in [5, 5.41) is 23.6. The van der Waals surface area contributed by atoms with Crippen molar-refractivity contribution in [2.24, 2.45) is 0 Å². The lowest BCUT2D eigenvalue weighted by Crippen LogP contribution is -2.53. The van der Waals surface area contributed by atoms with E-state index in [1.165, 1.54) is 11.0 Å². The van der Waals surface area contributed by atoms with Crippen LogP contribution in [0.2, 0.25) is 5.02 Å². The van der Waals surface area contributed by atoms with Crippen LogP contribution in [0.5, 0.6) is 5.75 Å². The summed E-state index contributed by atoms with van der Waals surface area (Å²) in [6.07, 6.45) is 5.38. The molecule has 0 radical (unpaired) electrons. The second-order valence-corrected chi connectivity index (χ2v) is 15.0. The number of rotatable bonds is 8. The number of likely N-dealkylation sites (tertiary alicyclic amines) is 1. The number of hydrogen-bond donors (Lipinski definition) is 2. The number of anilines is 1. The Labute approximate surface area is 310 Å². The molecule has 3 atom stereocenters. The van der Waals surface area contributed by atoms with E-state index in [4.69, 9.17) is 21.6 Å². The van der Waals surface area contributed by atoms with E-state index in [1.807, 2.05) is 18.2 Å². The highest BCUT2D eigenvalue weighted by molar-refractivity contribution is 6.31. The zero-order chi connectivity index (χ0) is 36.8. The van der Waals surface area contributed by atoms with Gasteiger partial charge in [-0.1, -0.05) is 17.7 Å². The highest BCUT2D eigenvalue weighted by atomic mass is 35.5. The van der Waals surface area contributed by atoms with E-state index in [9.17, 15) is 19.2 Å². The van der Waals surface area contributed by atoms with Crippen LogP contribution in [-0.4, -0.2) is 87.0 Å². The van der Waals surface area contributed by atoms with Crippen LogP contribution in [0.3, 0.4) is 0 Å². The van der Waals surface area contributed by atoms with Gasteiger partial charge in [-0.15, -0.1) is 10.2 Å². The van der Waals surface area contributed by atoms with Crippen LogP contribution in [0.1, 0.15) is 88.9 Å². The molecule has 5 aliphatic rings. The van der Waals surface area contributed by atoms with Gasteiger partial charge in [0.15, 0.2) is 11.5 Å². The van der Waals surface area contributed by atoms with Crippen LogP contribution in [0.25, 0.3) is 0 Å². The number of piperazine rings is 1. The second-order valence-electron chi connectivity index (χ2n) is 14.6. The molecule has 0 spiro atoms. The molecule has 2 N–H and O–H groups in total. The largest absolute Gasteiger partial charge is 0.490 e. The molecule has 15 heteroatoms. The van der Waals surface area contributed by atoms with Crippen LogP contribution in [0, 0.1) is 17.1 Å². The van der Waals surface area contributed by atoms with Crippen molar-refractivity contribution >= 4 is 41.0 Å². The molecule has 1 aliphatic carbocycles. The zero-order valence-electron chi connectivity index (χ0n) is 28.9. The number of halogens is 2. The van der Waals surface area contributed by atoms with Crippen molar-refractivity contribution in [1.82, 2.24) is 30.6 Å². The highest BCUT2D eigenvalue weighted by Crippen LogP contribution is 2.36. The summed E-state index contributed by atoms with van der Waals surface area (Å²) in [4.78, 5) is 56.2. The third-order valence-electron chi connectivity index (χ3n) is 11.1. The Morgan fingerprint density at radius 1 is 1.00 bits per heavy atom. The quantitative estimate of drug-likeness (QED) is 0.325. The van der Waals surface area contributed by atoms with Gasteiger partial charge in [-0.05, 0) is 86.4 Å². The molecule has 3 aromatic rings. The van der Waals surface area contributed by atoms with Crippen LogP contribution in [-0.2, 0) is 22.7 Å². The number of carbonyl (C=O) groups is 4. The highest BCUT2D eigenvalue weighted by Gasteiger charge is 2.43. The van der Waals surface area contributed by atoms with Gasteiger partial charge < -0.3 is 19.9 Å². The fourth-order valence-corrected chi connectivity index (χ4v) is 8.80. The maximum Gasteiger partial charge on any atom is 0.272 e. The van der Waals surface area contributed by atoms with Crippen molar-refractivity contribution in [2.75, 3.05) is 18.0 Å². The number of ether oxygens (including phenoxy) is 1. The van der Waals surface area contributed by atoms with E-state index in [1.54, 1.807) is 24.3 Å². The van der Waals surface area contributed by atoms with Crippen LogP contribution < -0.4 is 20.3 Å². The Morgan fingerprint density at radius 3 is 2.45 bits per heavy atom. The molecule has 53 heavy (non-hydrogen) atoms. The number of amides is 4. The van der Waals surface area contributed by atoms with Gasteiger partial charge in [-0.25, -0.2) is 4.39 Å². The van der Waals surface area contributed by atoms with E-state index < -0.39 is 23.7 Å². The minimum Gasteiger partial charge on any atom is -0.490 e. The first-order valence-electron chi connectivity index (χ1n) is 18.1. The first kappa shape index (κ1) is 34.9. The average Bonchev–Trinajstić information content (AvgIpc) is 3.61. The molecular weight excluding hydrogens is 703 g/mol. The van der Waals surface area contributed by atoms with Crippen LogP contribution in [0.15, 0.2) is 42.5 Å². The lowest BCUT2D eigenvalue weighted by Gasteiger charge is -2.41. The molecule has 13 nitrogen and oxygen atoms in total. The molecule has 3 saturated heterocycles. The molecule has 5 heterocycles. The zero-order valence-corrected chi connectivity index (χ0v) is 29.6. The summed E-state index contributed by atoms with van der Waals surface area (Å²) < 4.78 is 21.4. The van der Waals surface area contributed by atoms with E-state index in [0.29, 0.717) is 28.4 Å². The third kappa shape index (κ3) is 7.03. The number of fused-ring (bicyclic) bond motifs is 3. The number of benzene rings is 2. The number of hydrogen-bond acceptors (Lipinski definition) is 10. The van der Waals surface area contributed by atoms with Gasteiger partial charge >= 0.3 is 0 Å². The molecule has 1 saturated carbocycles. The summed E-state index contributed by atoms with van der Waals surface area (Å²) in [5.41, 5.74) is 1.99. The number of nitrogens with zero attached hydrogens (tertiary/aromatic N) is 6. The number of carbonyl (C=O) groups excluding carboxylic acids is 4. The Morgan fingerprint density at radius 2 is 1.77 bits per heavy atom. The van der Waals surface area contributed by atoms with Gasteiger partial charge in [0.1, 0.15) is 23.7 Å². The Bertz CT molecular complexity index is 2000. The second kappa shape index (κ2) is 14.4. The number of piperidine rings is 1. The minimum atomic E-state index is -0.792. The summed E-state index contributed by atoms with van der Waals surface area (Å²) >= 11 is 6.14. The maximum atomic E-state index is 15.4. The van der Waals surface area contributed by atoms with Gasteiger partial charge in [0.05, 0.1) is 22.3 Å². The molecule has 4 amide bonds. The topological polar surface area (TPSA) is 161 Å². The van der Waals surface area contributed by atoms with E-state index in [2.05, 4.69) is 30.6 Å². The molecule has 3 unspecified atom stereocenters. The first-order valence-corrected chi connectivity index (χ1v) is 18.5.